The smallest absolute Gasteiger partial charge is 0.237 e. The van der Waals surface area contributed by atoms with Crippen molar-refractivity contribution in [1.82, 2.24) is 24.9 Å². The third kappa shape index (κ3) is 3.92. The molecule has 0 amide bonds. The highest BCUT2D eigenvalue weighted by Crippen LogP contribution is 2.30. The van der Waals surface area contributed by atoms with Gasteiger partial charge in [0.1, 0.15) is 0 Å². The van der Waals surface area contributed by atoms with E-state index < -0.39 is 0 Å². The zero-order valence-electron chi connectivity index (χ0n) is 15.8. The fourth-order valence-corrected chi connectivity index (χ4v) is 4.84. The van der Waals surface area contributed by atoms with Crippen LogP contribution in [0.5, 0.6) is 0 Å². The molecule has 1 aromatic carbocycles. The molecular formula is C20H20N6OS2. The number of hydrogen-bond acceptors (Lipinski definition) is 8. The van der Waals surface area contributed by atoms with Crippen LogP contribution < -0.4 is 4.90 Å². The maximum Gasteiger partial charge on any atom is 0.237 e. The first-order chi connectivity index (χ1) is 14.4. The van der Waals surface area contributed by atoms with Gasteiger partial charge < -0.3 is 9.42 Å². The summed E-state index contributed by atoms with van der Waals surface area (Å²) in [5.41, 5.74) is 1.06. The number of thiophene rings is 1. The largest absolute Gasteiger partial charge is 0.341 e. The van der Waals surface area contributed by atoms with E-state index in [9.17, 15) is 0 Å². The van der Waals surface area contributed by atoms with E-state index in [4.69, 9.17) is 4.52 Å². The minimum atomic E-state index is 0.545. The van der Waals surface area contributed by atoms with Crippen LogP contribution in [0.2, 0.25) is 0 Å². The molecule has 0 unspecified atom stereocenters. The normalized spacial score (nSPS) is 14.4. The predicted octanol–water partition coefficient (Wildman–Crippen LogP) is 4.66. The molecule has 7 nitrogen and oxygen atoms in total. The van der Waals surface area contributed by atoms with Gasteiger partial charge in [-0.2, -0.15) is 4.98 Å². The molecule has 1 saturated heterocycles. The van der Waals surface area contributed by atoms with E-state index in [0.717, 1.165) is 34.8 Å². The summed E-state index contributed by atoms with van der Waals surface area (Å²) >= 11 is 3.16. The van der Waals surface area contributed by atoms with Crippen molar-refractivity contribution in [3.05, 3.63) is 53.7 Å². The molecule has 1 fully saturated rings. The van der Waals surface area contributed by atoms with Crippen LogP contribution in [-0.4, -0.2) is 38.0 Å². The minimum absolute atomic E-state index is 0.545. The van der Waals surface area contributed by atoms with Gasteiger partial charge in [-0.05, 0) is 42.8 Å². The number of para-hydroxylation sites is 1. The van der Waals surface area contributed by atoms with Gasteiger partial charge in [0.05, 0.1) is 16.3 Å². The Kier molecular flexibility index (Phi) is 5.31. The number of benzene rings is 1. The van der Waals surface area contributed by atoms with Crippen LogP contribution in [0.1, 0.15) is 25.2 Å². The van der Waals surface area contributed by atoms with Crippen LogP contribution >= 0.6 is 23.1 Å². The number of thioether (sulfide) groups is 1. The quantitative estimate of drug-likeness (QED) is 0.417. The molecular weight excluding hydrogens is 404 g/mol. The molecule has 1 aliphatic heterocycles. The second-order valence-electron chi connectivity index (χ2n) is 6.78. The average Bonchev–Trinajstić information content (AvgIpc) is 3.54. The topological polar surface area (TPSA) is 72.9 Å². The summed E-state index contributed by atoms with van der Waals surface area (Å²) in [4.78, 5) is 7.84. The molecule has 5 rings (SSSR count). The highest BCUT2D eigenvalue weighted by molar-refractivity contribution is 7.98. The first-order valence-electron chi connectivity index (χ1n) is 9.63. The third-order valence-electron chi connectivity index (χ3n) is 4.80. The standard InChI is InChI=1S/C20H20N6OS2/c1-3-8-15(9-4-1)26-19(25-11-5-2-6-12-25)22-23-20(26)29-14-17-21-18(24-27-17)16-10-7-13-28-16/h1,3-4,7-10,13H,2,5-6,11-12,14H2. The Morgan fingerprint density at radius 1 is 1.00 bits per heavy atom. The van der Waals surface area contributed by atoms with Gasteiger partial charge in [-0.3, -0.25) is 4.57 Å². The maximum absolute atomic E-state index is 5.44. The summed E-state index contributed by atoms with van der Waals surface area (Å²) in [6.07, 6.45) is 3.66. The Hall–Kier alpha value is -2.65. The second kappa shape index (κ2) is 8.38. The van der Waals surface area contributed by atoms with Crippen LogP contribution in [0.25, 0.3) is 16.4 Å². The summed E-state index contributed by atoms with van der Waals surface area (Å²) in [6.45, 7) is 2.03. The van der Waals surface area contributed by atoms with Gasteiger partial charge in [0.2, 0.25) is 17.7 Å². The summed E-state index contributed by atoms with van der Waals surface area (Å²) in [7, 11) is 0. The van der Waals surface area contributed by atoms with Crippen LogP contribution in [0.15, 0.2) is 57.5 Å². The van der Waals surface area contributed by atoms with E-state index >= 15 is 0 Å². The molecule has 9 heteroatoms. The molecule has 1 aliphatic rings. The summed E-state index contributed by atoms with van der Waals surface area (Å²) in [6, 6.07) is 14.2. The van der Waals surface area contributed by atoms with Crippen LogP contribution in [0, 0.1) is 0 Å². The number of anilines is 1. The number of hydrogen-bond donors (Lipinski definition) is 0. The average molecular weight is 425 g/mol. The Morgan fingerprint density at radius 2 is 1.86 bits per heavy atom. The van der Waals surface area contributed by atoms with Crippen LogP contribution in [0.4, 0.5) is 5.95 Å². The summed E-state index contributed by atoms with van der Waals surface area (Å²) < 4.78 is 7.57. The highest BCUT2D eigenvalue weighted by Gasteiger charge is 2.22. The van der Waals surface area contributed by atoms with E-state index in [-0.39, 0.29) is 0 Å². The van der Waals surface area contributed by atoms with Crippen molar-refractivity contribution in [2.75, 3.05) is 18.0 Å². The second-order valence-corrected chi connectivity index (χ2v) is 8.67. The van der Waals surface area contributed by atoms with Crippen molar-refractivity contribution in [2.24, 2.45) is 0 Å². The lowest BCUT2D eigenvalue weighted by Gasteiger charge is -2.27. The molecule has 0 N–H and O–H groups in total. The number of nitrogens with zero attached hydrogens (tertiary/aromatic N) is 6. The van der Waals surface area contributed by atoms with Crippen LogP contribution in [-0.2, 0) is 5.75 Å². The van der Waals surface area contributed by atoms with E-state index in [1.165, 1.54) is 19.3 Å². The molecule has 148 valence electrons. The van der Waals surface area contributed by atoms with Gasteiger partial charge in [-0.25, -0.2) is 0 Å². The monoisotopic (exact) mass is 424 g/mol. The van der Waals surface area contributed by atoms with Crippen molar-refractivity contribution in [1.29, 1.82) is 0 Å². The third-order valence-corrected chi connectivity index (χ3v) is 6.58. The Labute approximate surface area is 176 Å². The number of rotatable bonds is 6. The van der Waals surface area contributed by atoms with E-state index in [2.05, 4.69) is 41.9 Å². The SMILES string of the molecule is c1ccc(-n2c(SCc3nc(-c4cccs4)no3)nnc2N2CCCCC2)cc1. The fraction of sp³-hybridized carbons (Fsp3) is 0.300. The lowest BCUT2D eigenvalue weighted by molar-refractivity contribution is 0.391. The Balaban J connectivity index is 1.40. The lowest BCUT2D eigenvalue weighted by Crippen LogP contribution is -2.31. The molecule has 0 saturated carbocycles. The van der Waals surface area contributed by atoms with Gasteiger partial charge in [0.15, 0.2) is 5.16 Å². The zero-order chi connectivity index (χ0) is 19.5. The van der Waals surface area contributed by atoms with Crippen molar-refractivity contribution in [2.45, 2.75) is 30.2 Å². The van der Waals surface area contributed by atoms with Gasteiger partial charge >= 0.3 is 0 Å². The Morgan fingerprint density at radius 3 is 2.66 bits per heavy atom. The number of piperidine rings is 1. The molecule has 0 spiro atoms. The number of aromatic nitrogens is 5. The molecule has 0 aliphatic carbocycles. The fourth-order valence-electron chi connectivity index (χ4n) is 3.40. The van der Waals surface area contributed by atoms with E-state index in [0.29, 0.717) is 17.5 Å². The lowest BCUT2D eigenvalue weighted by atomic mass is 10.1. The maximum atomic E-state index is 5.44. The summed E-state index contributed by atoms with van der Waals surface area (Å²) in [5.74, 6) is 2.67. The van der Waals surface area contributed by atoms with E-state index in [1.807, 2.05) is 35.7 Å². The molecule has 4 heterocycles. The predicted molar refractivity (Wildman–Crippen MR) is 115 cm³/mol. The zero-order valence-corrected chi connectivity index (χ0v) is 17.4. The molecule has 0 atom stereocenters. The Bertz CT molecular complexity index is 1050. The molecule has 29 heavy (non-hydrogen) atoms. The van der Waals surface area contributed by atoms with E-state index in [1.54, 1.807) is 23.1 Å². The van der Waals surface area contributed by atoms with Gasteiger partial charge in [0, 0.05) is 13.1 Å². The summed E-state index contributed by atoms with van der Waals surface area (Å²) in [5, 5.41) is 15.9. The highest BCUT2D eigenvalue weighted by atomic mass is 32.2. The first-order valence-corrected chi connectivity index (χ1v) is 11.5. The minimum Gasteiger partial charge on any atom is -0.341 e. The van der Waals surface area contributed by atoms with Gasteiger partial charge in [0.25, 0.3) is 0 Å². The van der Waals surface area contributed by atoms with Crippen LogP contribution in [0.3, 0.4) is 0 Å². The van der Waals surface area contributed by atoms with Crippen molar-refractivity contribution < 1.29 is 4.52 Å². The van der Waals surface area contributed by atoms with Crippen molar-refractivity contribution in [3.8, 4) is 16.4 Å². The van der Waals surface area contributed by atoms with Gasteiger partial charge in [-0.1, -0.05) is 41.2 Å². The van der Waals surface area contributed by atoms with Crippen molar-refractivity contribution >= 4 is 29.0 Å². The first kappa shape index (κ1) is 18.4. The van der Waals surface area contributed by atoms with Gasteiger partial charge in [-0.15, -0.1) is 21.5 Å². The van der Waals surface area contributed by atoms with Crippen molar-refractivity contribution in [3.63, 3.8) is 0 Å². The molecule has 3 aromatic heterocycles. The molecule has 0 bridgehead atoms. The molecule has 4 aromatic rings. The molecule has 0 radical (unpaired) electrons.